The van der Waals surface area contributed by atoms with E-state index in [1.54, 1.807) is 0 Å². The fourth-order valence-corrected chi connectivity index (χ4v) is 4.27. The zero-order chi connectivity index (χ0) is 14.0. The minimum absolute atomic E-state index is 0.517. The quantitative estimate of drug-likeness (QED) is 0.669. The summed E-state index contributed by atoms with van der Waals surface area (Å²) in [5.41, 5.74) is 11.7. The summed E-state index contributed by atoms with van der Waals surface area (Å²) in [6.45, 7) is 6.85. The fourth-order valence-electron chi connectivity index (χ4n) is 4.27. The largest absolute Gasteiger partial charge is 0.350 e. The van der Waals surface area contributed by atoms with Crippen LogP contribution in [0, 0.1) is 23.2 Å². The van der Waals surface area contributed by atoms with Gasteiger partial charge in [0.25, 0.3) is 0 Å². The molecule has 0 aliphatic heterocycles. The Hall–Kier alpha value is -1.19. The number of primary amides is 1. The Balaban J connectivity index is 1.79. The molecule has 0 radical (unpaired) electrons. The lowest BCUT2D eigenvalue weighted by atomic mass is 9.67. The van der Waals surface area contributed by atoms with Crippen molar-refractivity contribution < 1.29 is 4.79 Å². The molecule has 2 aliphatic rings. The highest BCUT2D eigenvalue weighted by Gasteiger charge is 2.51. The van der Waals surface area contributed by atoms with E-state index in [1.165, 1.54) is 25.7 Å². The van der Waals surface area contributed by atoms with Crippen LogP contribution in [-0.2, 0) is 0 Å². The first-order valence-electron chi connectivity index (χ1n) is 7.39. The summed E-state index contributed by atoms with van der Waals surface area (Å²) in [7, 11) is 0. The van der Waals surface area contributed by atoms with Gasteiger partial charge in [-0.05, 0) is 62.2 Å². The van der Waals surface area contributed by atoms with E-state index in [0.717, 1.165) is 29.9 Å². The zero-order valence-electron chi connectivity index (χ0n) is 12.3. The van der Waals surface area contributed by atoms with Crippen LogP contribution in [0.1, 0.15) is 52.9 Å². The Morgan fingerprint density at radius 3 is 2.68 bits per heavy atom. The summed E-state index contributed by atoms with van der Waals surface area (Å²) < 4.78 is 0. The minimum atomic E-state index is -0.554. The summed E-state index contributed by atoms with van der Waals surface area (Å²) in [5, 5.41) is 0. The van der Waals surface area contributed by atoms with Crippen molar-refractivity contribution in [1.82, 2.24) is 10.9 Å². The molecule has 0 saturated heterocycles. The molecule has 0 unspecified atom stereocenters. The first kappa shape index (κ1) is 14.2. The molecule has 0 aromatic carbocycles. The Morgan fingerprint density at radius 2 is 2.11 bits per heavy atom. The highest BCUT2D eigenvalue weighted by molar-refractivity contribution is 5.71. The maximum Gasteiger partial charge on any atom is 0.330 e. The molecule has 2 rings (SSSR count). The van der Waals surface area contributed by atoms with Gasteiger partial charge in [-0.2, -0.15) is 0 Å². The van der Waals surface area contributed by atoms with Crippen molar-refractivity contribution in [2.75, 3.05) is 0 Å². The van der Waals surface area contributed by atoms with Gasteiger partial charge in [0, 0.05) is 5.70 Å². The van der Waals surface area contributed by atoms with Crippen LogP contribution in [0.25, 0.3) is 0 Å². The average molecular weight is 265 g/mol. The van der Waals surface area contributed by atoms with Crippen LogP contribution in [0.15, 0.2) is 11.8 Å². The molecule has 19 heavy (non-hydrogen) atoms. The number of nitrogens with one attached hydrogen (secondary N) is 2. The van der Waals surface area contributed by atoms with E-state index in [9.17, 15) is 4.79 Å². The third kappa shape index (κ3) is 3.04. The van der Waals surface area contributed by atoms with Gasteiger partial charge in [0.1, 0.15) is 0 Å². The number of urea groups is 1. The van der Waals surface area contributed by atoms with E-state index in [2.05, 4.69) is 30.8 Å². The third-order valence-electron chi connectivity index (χ3n) is 5.36. The van der Waals surface area contributed by atoms with Crippen molar-refractivity contribution >= 4 is 6.03 Å². The van der Waals surface area contributed by atoms with Gasteiger partial charge < -0.3 is 11.2 Å². The Morgan fingerprint density at radius 1 is 1.37 bits per heavy atom. The molecule has 0 aromatic heterocycles. The second-order valence-electron chi connectivity index (χ2n) is 6.78. The van der Waals surface area contributed by atoms with E-state index in [1.807, 2.05) is 6.92 Å². The number of allylic oxidation sites excluding steroid dienone is 2. The molecule has 3 atom stereocenters. The van der Waals surface area contributed by atoms with Gasteiger partial charge in [0.05, 0.1) is 0 Å². The monoisotopic (exact) mass is 265 g/mol. The normalized spacial score (nSPS) is 32.4. The standard InChI is InChI=1S/C15H27N3O/c1-10(17-18-14(16)19)5-4-6-13-11-7-8-12(9-11)15(13,2)3/h5,11-13,17H,4,6-9H2,1-3H3,(H3,16,18,19)/b10-5-/t11-,12+,13-/m0/s1. The van der Waals surface area contributed by atoms with Crippen molar-refractivity contribution in [2.45, 2.75) is 52.9 Å². The molecule has 2 fully saturated rings. The maximum absolute atomic E-state index is 10.6. The summed E-state index contributed by atoms with van der Waals surface area (Å²) in [5.74, 6) is 2.76. The van der Waals surface area contributed by atoms with E-state index >= 15 is 0 Å². The SMILES string of the molecule is C/C(=C/CC[C@H]1[C@H]2CC[C@H](C2)C1(C)C)NNC(N)=O. The van der Waals surface area contributed by atoms with Crippen molar-refractivity contribution in [3.05, 3.63) is 11.8 Å². The van der Waals surface area contributed by atoms with E-state index in [-0.39, 0.29) is 0 Å². The Bertz CT molecular complexity index is 376. The summed E-state index contributed by atoms with van der Waals surface area (Å²) in [6, 6.07) is -0.554. The number of nitrogens with two attached hydrogens (primary N) is 1. The average Bonchev–Trinajstić information content (AvgIpc) is 2.88. The zero-order valence-corrected chi connectivity index (χ0v) is 12.3. The lowest BCUT2D eigenvalue weighted by Crippen LogP contribution is -2.39. The van der Waals surface area contributed by atoms with Crippen LogP contribution in [-0.4, -0.2) is 6.03 Å². The number of amides is 2. The molecule has 4 heteroatoms. The van der Waals surface area contributed by atoms with E-state index in [0.29, 0.717) is 5.41 Å². The maximum atomic E-state index is 10.6. The molecular formula is C15H27N3O. The topological polar surface area (TPSA) is 67.2 Å². The van der Waals surface area contributed by atoms with E-state index in [4.69, 9.17) is 5.73 Å². The van der Waals surface area contributed by atoms with Gasteiger partial charge in [-0.15, -0.1) is 0 Å². The lowest BCUT2D eigenvalue weighted by molar-refractivity contribution is 0.115. The van der Waals surface area contributed by atoms with Gasteiger partial charge in [0.15, 0.2) is 0 Å². The van der Waals surface area contributed by atoms with Crippen molar-refractivity contribution in [3.63, 3.8) is 0 Å². The molecule has 2 amide bonds. The lowest BCUT2D eigenvalue weighted by Gasteiger charge is -2.38. The van der Waals surface area contributed by atoms with Crippen LogP contribution in [0.3, 0.4) is 0 Å². The first-order chi connectivity index (χ1) is 8.91. The molecule has 0 spiro atoms. The number of carbonyl (C=O) groups excluding carboxylic acids is 1. The minimum Gasteiger partial charge on any atom is -0.350 e. The molecule has 4 nitrogen and oxygen atoms in total. The molecule has 4 N–H and O–H groups in total. The van der Waals surface area contributed by atoms with Gasteiger partial charge in [0.2, 0.25) is 0 Å². The van der Waals surface area contributed by atoms with E-state index < -0.39 is 6.03 Å². The number of hydrogen-bond donors (Lipinski definition) is 3. The van der Waals surface area contributed by atoms with Crippen molar-refractivity contribution in [2.24, 2.45) is 28.9 Å². The number of rotatable bonds is 5. The predicted octanol–water partition coefficient (Wildman–Crippen LogP) is 2.92. The van der Waals surface area contributed by atoms with Crippen molar-refractivity contribution in [1.29, 1.82) is 0 Å². The van der Waals surface area contributed by atoms with Crippen LogP contribution < -0.4 is 16.6 Å². The van der Waals surface area contributed by atoms with Crippen LogP contribution in [0.4, 0.5) is 4.79 Å². The molecule has 108 valence electrons. The molecule has 0 heterocycles. The second-order valence-corrected chi connectivity index (χ2v) is 6.78. The molecule has 2 bridgehead atoms. The Labute approximate surface area is 116 Å². The smallest absolute Gasteiger partial charge is 0.330 e. The highest BCUT2D eigenvalue weighted by atomic mass is 16.2. The Kier molecular flexibility index (Phi) is 4.07. The molecule has 2 aliphatic carbocycles. The second kappa shape index (κ2) is 5.43. The first-order valence-corrected chi connectivity index (χ1v) is 7.39. The summed E-state index contributed by atoms with van der Waals surface area (Å²) >= 11 is 0. The van der Waals surface area contributed by atoms with Crippen LogP contribution >= 0.6 is 0 Å². The third-order valence-corrected chi connectivity index (χ3v) is 5.36. The number of carbonyl (C=O) groups is 1. The van der Waals surface area contributed by atoms with Gasteiger partial charge >= 0.3 is 6.03 Å². The fraction of sp³-hybridized carbons (Fsp3) is 0.800. The highest BCUT2D eigenvalue weighted by Crippen LogP contribution is 2.60. The van der Waals surface area contributed by atoms with Crippen LogP contribution in [0.2, 0.25) is 0 Å². The van der Waals surface area contributed by atoms with Crippen LogP contribution in [0.5, 0.6) is 0 Å². The van der Waals surface area contributed by atoms with Gasteiger partial charge in [-0.3, -0.25) is 5.43 Å². The predicted molar refractivity (Wildman–Crippen MR) is 76.9 cm³/mol. The van der Waals surface area contributed by atoms with Crippen molar-refractivity contribution in [3.8, 4) is 0 Å². The number of fused-ring (bicyclic) bond motifs is 2. The number of hydrazine groups is 1. The summed E-state index contributed by atoms with van der Waals surface area (Å²) in [6.07, 6.45) is 8.79. The number of hydrogen-bond acceptors (Lipinski definition) is 2. The van der Waals surface area contributed by atoms with Gasteiger partial charge in [-0.1, -0.05) is 19.9 Å². The molecule has 2 saturated carbocycles. The molecular weight excluding hydrogens is 238 g/mol. The summed E-state index contributed by atoms with van der Waals surface area (Å²) in [4.78, 5) is 10.6. The molecule has 0 aromatic rings. The van der Waals surface area contributed by atoms with Gasteiger partial charge in [-0.25, -0.2) is 4.79 Å².